The van der Waals surface area contributed by atoms with Crippen molar-refractivity contribution in [2.75, 3.05) is 6.61 Å². The second-order valence-corrected chi connectivity index (χ2v) is 5.03. The molecule has 0 spiro atoms. The molecule has 0 bridgehead atoms. The lowest BCUT2D eigenvalue weighted by Crippen LogP contribution is -1.90. The minimum Gasteiger partial charge on any atom is -0.395 e. The summed E-state index contributed by atoms with van der Waals surface area (Å²) < 4.78 is 13.3. The average molecular weight is 287 g/mol. The fourth-order valence-electron chi connectivity index (χ4n) is 1.59. The van der Waals surface area contributed by atoms with Gasteiger partial charge in [0.1, 0.15) is 5.82 Å². The maximum atomic E-state index is 13.3. The van der Waals surface area contributed by atoms with Crippen LogP contribution < -0.4 is 0 Å². The zero-order chi connectivity index (χ0) is 14.2. The molecule has 0 aliphatic carbocycles. The molecule has 1 aromatic heterocycles. The molecule has 0 saturated carbocycles. The molecule has 1 aromatic carbocycles. The second kappa shape index (κ2) is 7.68. The van der Waals surface area contributed by atoms with Gasteiger partial charge >= 0.3 is 0 Å². The summed E-state index contributed by atoms with van der Waals surface area (Å²) in [6.45, 7) is 0.0142. The van der Waals surface area contributed by atoms with Crippen LogP contribution in [0.1, 0.15) is 17.5 Å². The Morgan fingerprint density at radius 3 is 2.90 bits per heavy atom. The summed E-state index contributed by atoms with van der Waals surface area (Å²) in [6, 6.07) is 10.3. The maximum Gasteiger partial charge on any atom is 0.124 e. The molecule has 0 saturated heterocycles. The molecule has 0 aliphatic heterocycles. The van der Waals surface area contributed by atoms with E-state index in [4.69, 9.17) is 5.11 Å². The predicted molar refractivity (Wildman–Crippen MR) is 78.8 cm³/mol. The maximum absolute atomic E-state index is 13.3. The van der Waals surface area contributed by atoms with Gasteiger partial charge in [0.15, 0.2) is 0 Å². The zero-order valence-corrected chi connectivity index (χ0v) is 11.7. The molecule has 0 aliphatic rings. The Labute approximate surface area is 122 Å². The fourth-order valence-corrected chi connectivity index (χ4v) is 2.45. The van der Waals surface area contributed by atoms with Gasteiger partial charge in [0.2, 0.25) is 0 Å². The van der Waals surface area contributed by atoms with Crippen molar-refractivity contribution in [2.24, 2.45) is 0 Å². The van der Waals surface area contributed by atoms with Crippen LogP contribution in [0.2, 0.25) is 0 Å². The molecule has 0 unspecified atom stereocenters. The van der Waals surface area contributed by atoms with Crippen LogP contribution in [-0.4, -0.2) is 16.7 Å². The van der Waals surface area contributed by atoms with E-state index in [0.29, 0.717) is 17.7 Å². The highest BCUT2D eigenvalue weighted by atomic mass is 32.2. The third-order valence-electron chi connectivity index (χ3n) is 2.55. The van der Waals surface area contributed by atoms with Crippen LogP contribution in [0, 0.1) is 17.7 Å². The van der Waals surface area contributed by atoms with E-state index in [2.05, 4.69) is 16.8 Å². The lowest BCUT2D eigenvalue weighted by atomic mass is 10.1. The number of benzene rings is 1. The minimum absolute atomic E-state index is 0.0142. The highest BCUT2D eigenvalue weighted by Gasteiger charge is 2.04. The van der Waals surface area contributed by atoms with E-state index in [9.17, 15) is 4.39 Å². The molecule has 20 heavy (non-hydrogen) atoms. The first-order valence-electron chi connectivity index (χ1n) is 6.21. The summed E-state index contributed by atoms with van der Waals surface area (Å²) >= 11 is 1.58. The van der Waals surface area contributed by atoms with Gasteiger partial charge in [0.25, 0.3) is 0 Å². The van der Waals surface area contributed by atoms with Gasteiger partial charge in [-0.15, -0.1) is 11.8 Å². The number of halogens is 1. The summed E-state index contributed by atoms with van der Waals surface area (Å²) in [5, 5.41) is 9.65. The monoisotopic (exact) mass is 287 g/mol. The molecule has 2 aromatic rings. The highest BCUT2D eigenvalue weighted by molar-refractivity contribution is 7.98. The number of aliphatic hydroxyl groups excluding tert-OH is 1. The molecule has 1 heterocycles. The largest absolute Gasteiger partial charge is 0.395 e. The van der Waals surface area contributed by atoms with Crippen LogP contribution in [0.5, 0.6) is 0 Å². The van der Waals surface area contributed by atoms with Crippen LogP contribution in [-0.2, 0) is 5.75 Å². The molecular formula is C16H14FNOS. The van der Waals surface area contributed by atoms with Gasteiger partial charge in [0, 0.05) is 23.9 Å². The standard InChI is InChI=1S/C16H14FNOS/c17-15-8-7-14(13(11-15)5-2-4-10-19)12-20-16-6-1-3-9-18-16/h1,3,6-9,11,19H,4,10,12H2. The number of pyridine rings is 1. The normalized spacial score (nSPS) is 9.90. The van der Waals surface area contributed by atoms with Crippen molar-refractivity contribution < 1.29 is 9.50 Å². The van der Waals surface area contributed by atoms with Crippen molar-refractivity contribution in [3.05, 3.63) is 59.5 Å². The first-order chi connectivity index (χ1) is 9.79. The molecule has 0 radical (unpaired) electrons. The highest BCUT2D eigenvalue weighted by Crippen LogP contribution is 2.22. The van der Waals surface area contributed by atoms with E-state index < -0.39 is 0 Å². The van der Waals surface area contributed by atoms with Gasteiger partial charge in [-0.2, -0.15) is 0 Å². The van der Waals surface area contributed by atoms with E-state index in [1.54, 1.807) is 24.0 Å². The van der Waals surface area contributed by atoms with Gasteiger partial charge in [-0.1, -0.05) is 24.0 Å². The molecule has 0 fully saturated rings. The summed E-state index contributed by atoms with van der Waals surface area (Å²) in [5.41, 5.74) is 1.63. The van der Waals surface area contributed by atoms with E-state index in [1.165, 1.54) is 12.1 Å². The van der Waals surface area contributed by atoms with Crippen molar-refractivity contribution >= 4 is 11.8 Å². The zero-order valence-electron chi connectivity index (χ0n) is 10.8. The minimum atomic E-state index is -0.301. The average Bonchev–Trinajstić information content (AvgIpc) is 2.48. The molecule has 102 valence electrons. The number of hydrogen-bond acceptors (Lipinski definition) is 3. The van der Waals surface area contributed by atoms with Gasteiger partial charge in [-0.3, -0.25) is 0 Å². The summed E-state index contributed by atoms with van der Waals surface area (Å²) in [4.78, 5) is 4.24. The van der Waals surface area contributed by atoms with Crippen molar-refractivity contribution in [1.29, 1.82) is 0 Å². The van der Waals surface area contributed by atoms with E-state index in [-0.39, 0.29) is 12.4 Å². The Morgan fingerprint density at radius 2 is 2.15 bits per heavy atom. The first kappa shape index (κ1) is 14.6. The predicted octanol–water partition coefficient (Wildman–Crippen LogP) is 3.25. The lowest BCUT2D eigenvalue weighted by molar-refractivity contribution is 0.305. The molecular weight excluding hydrogens is 273 g/mol. The number of nitrogens with zero attached hydrogens (tertiary/aromatic N) is 1. The van der Waals surface area contributed by atoms with Crippen LogP contribution in [0.25, 0.3) is 0 Å². The van der Waals surface area contributed by atoms with E-state index in [0.717, 1.165) is 10.6 Å². The van der Waals surface area contributed by atoms with Crippen LogP contribution in [0.4, 0.5) is 4.39 Å². The number of aromatic nitrogens is 1. The van der Waals surface area contributed by atoms with Gasteiger partial charge in [-0.05, 0) is 29.8 Å². The Hall–Kier alpha value is -1.83. The third-order valence-corrected chi connectivity index (χ3v) is 3.54. The molecule has 4 heteroatoms. The Bertz CT molecular complexity index is 619. The van der Waals surface area contributed by atoms with Crippen molar-refractivity contribution in [3.63, 3.8) is 0 Å². The molecule has 1 N–H and O–H groups in total. The summed E-state index contributed by atoms with van der Waals surface area (Å²) in [6.07, 6.45) is 2.14. The quantitative estimate of drug-likeness (QED) is 0.692. The van der Waals surface area contributed by atoms with Crippen LogP contribution >= 0.6 is 11.8 Å². The SMILES string of the molecule is OCCC#Cc1cc(F)ccc1CSc1ccccn1. The number of thioether (sulfide) groups is 1. The van der Waals surface area contributed by atoms with Gasteiger partial charge in [-0.25, -0.2) is 9.37 Å². The van der Waals surface area contributed by atoms with Gasteiger partial charge in [0.05, 0.1) is 11.6 Å². The fraction of sp³-hybridized carbons (Fsp3) is 0.188. The first-order valence-corrected chi connectivity index (χ1v) is 7.20. The Balaban J connectivity index is 2.13. The Morgan fingerprint density at radius 1 is 1.25 bits per heavy atom. The Kier molecular flexibility index (Phi) is 5.60. The number of hydrogen-bond donors (Lipinski definition) is 1. The topological polar surface area (TPSA) is 33.1 Å². The molecule has 0 amide bonds. The molecule has 2 nitrogen and oxygen atoms in total. The van der Waals surface area contributed by atoms with Crippen molar-refractivity contribution in [2.45, 2.75) is 17.2 Å². The van der Waals surface area contributed by atoms with Crippen molar-refractivity contribution in [1.82, 2.24) is 4.98 Å². The van der Waals surface area contributed by atoms with Gasteiger partial charge < -0.3 is 5.11 Å². The van der Waals surface area contributed by atoms with Crippen molar-refractivity contribution in [3.8, 4) is 11.8 Å². The number of rotatable bonds is 4. The van der Waals surface area contributed by atoms with E-state index >= 15 is 0 Å². The summed E-state index contributed by atoms with van der Waals surface area (Å²) in [5.74, 6) is 6.11. The van der Waals surface area contributed by atoms with E-state index in [1.807, 2.05) is 18.2 Å². The molecule has 0 atom stereocenters. The van der Waals surface area contributed by atoms with Crippen LogP contribution in [0.15, 0.2) is 47.6 Å². The molecule has 2 rings (SSSR count). The smallest absolute Gasteiger partial charge is 0.124 e. The van der Waals surface area contributed by atoms with Crippen LogP contribution in [0.3, 0.4) is 0 Å². The lowest BCUT2D eigenvalue weighted by Gasteiger charge is -2.04. The third kappa shape index (κ3) is 4.37. The summed E-state index contributed by atoms with van der Waals surface area (Å²) in [7, 11) is 0. The number of aliphatic hydroxyl groups is 1. The second-order valence-electron chi connectivity index (χ2n) is 4.03.